The number of hydrogen-bond donors (Lipinski definition) is 0. The van der Waals surface area contributed by atoms with Crippen molar-refractivity contribution in [1.29, 1.82) is 0 Å². The molecular weight excluding hydrogens is 448 g/mol. The van der Waals surface area contributed by atoms with Crippen molar-refractivity contribution in [3.05, 3.63) is 57.9 Å². The minimum absolute atomic E-state index is 0.170. The molecule has 0 aliphatic carbocycles. The summed E-state index contributed by atoms with van der Waals surface area (Å²) in [6.07, 6.45) is 1.05. The summed E-state index contributed by atoms with van der Waals surface area (Å²) in [7, 11) is 0. The number of hydrogen-bond acceptors (Lipinski definition) is 8. The van der Waals surface area contributed by atoms with Crippen LogP contribution in [0.3, 0.4) is 0 Å². The highest BCUT2D eigenvalue weighted by atomic mass is 16.5. The molecule has 1 saturated heterocycles. The zero-order valence-corrected chi connectivity index (χ0v) is 20.4. The fourth-order valence-corrected chi connectivity index (χ4v) is 4.63. The summed E-state index contributed by atoms with van der Waals surface area (Å²) in [5.41, 5.74) is 1.26. The van der Waals surface area contributed by atoms with Gasteiger partial charge in [0.15, 0.2) is 11.5 Å². The van der Waals surface area contributed by atoms with Gasteiger partial charge in [-0.2, -0.15) is 0 Å². The average Bonchev–Trinajstić information content (AvgIpc) is 2.88. The Bertz CT molecular complexity index is 1230. The Labute approximate surface area is 204 Å². The van der Waals surface area contributed by atoms with Crippen LogP contribution in [0.5, 0.6) is 23.0 Å². The first kappa shape index (κ1) is 23.7. The van der Waals surface area contributed by atoms with E-state index in [0.717, 1.165) is 57.1 Å². The summed E-state index contributed by atoms with van der Waals surface area (Å²) in [5, 5.41) is 0.483. The van der Waals surface area contributed by atoms with E-state index >= 15 is 0 Å². The smallest absolute Gasteiger partial charge is 0.235 e. The summed E-state index contributed by atoms with van der Waals surface area (Å²) >= 11 is 0. The fraction of sp³-hybridized carbons (Fsp3) is 0.444. The van der Waals surface area contributed by atoms with Crippen LogP contribution in [0.2, 0.25) is 0 Å². The van der Waals surface area contributed by atoms with Gasteiger partial charge in [0, 0.05) is 26.2 Å². The van der Waals surface area contributed by atoms with E-state index in [9.17, 15) is 4.79 Å². The van der Waals surface area contributed by atoms with Crippen LogP contribution in [0.1, 0.15) is 24.7 Å². The van der Waals surface area contributed by atoms with E-state index in [1.165, 1.54) is 0 Å². The van der Waals surface area contributed by atoms with E-state index in [-0.39, 0.29) is 11.2 Å². The molecule has 186 valence electrons. The average molecular weight is 481 g/mol. The van der Waals surface area contributed by atoms with Gasteiger partial charge in [-0.1, -0.05) is 12.1 Å². The molecule has 1 fully saturated rings. The van der Waals surface area contributed by atoms with Crippen molar-refractivity contribution >= 4 is 11.0 Å². The highest BCUT2D eigenvalue weighted by Gasteiger charge is 2.24. The third-order valence-electron chi connectivity index (χ3n) is 6.44. The lowest BCUT2D eigenvalue weighted by atomic mass is 10.1. The van der Waals surface area contributed by atoms with Crippen molar-refractivity contribution in [2.75, 3.05) is 52.7 Å². The Hall–Kier alpha value is -3.07. The normalized spacial score (nSPS) is 16.6. The van der Waals surface area contributed by atoms with Gasteiger partial charge in [0.25, 0.3) is 0 Å². The maximum Gasteiger partial charge on any atom is 0.235 e. The van der Waals surface area contributed by atoms with Gasteiger partial charge in [-0.3, -0.25) is 14.6 Å². The zero-order valence-electron chi connectivity index (χ0n) is 20.4. The molecule has 0 atom stereocenters. The molecule has 0 saturated carbocycles. The second-order valence-electron chi connectivity index (χ2n) is 8.85. The van der Waals surface area contributed by atoms with Crippen molar-refractivity contribution in [3.8, 4) is 23.0 Å². The van der Waals surface area contributed by atoms with Crippen molar-refractivity contribution in [2.45, 2.75) is 26.8 Å². The summed E-state index contributed by atoms with van der Waals surface area (Å²) < 4.78 is 29.3. The van der Waals surface area contributed by atoms with Gasteiger partial charge in [-0.25, -0.2) is 0 Å². The first-order chi connectivity index (χ1) is 17.1. The van der Waals surface area contributed by atoms with Crippen molar-refractivity contribution < 1.29 is 23.4 Å². The van der Waals surface area contributed by atoms with E-state index in [2.05, 4.69) is 9.80 Å². The molecule has 2 aliphatic rings. The molecule has 2 aromatic carbocycles. The molecule has 2 aliphatic heterocycles. The molecule has 0 radical (unpaired) electrons. The molecule has 0 amide bonds. The van der Waals surface area contributed by atoms with Crippen LogP contribution < -0.4 is 19.6 Å². The lowest BCUT2D eigenvalue weighted by molar-refractivity contribution is 0.0330. The molecule has 0 N–H and O–H groups in total. The molecule has 1 aromatic heterocycles. The van der Waals surface area contributed by atoms with Crippen molar-refractivity contribution in [1.82, 2.24) is 9.80 Å². The van der Waals surface area contributed by atoms with Gasteiger partial charge in [0.05, 0.1) is 30.8 Å². The molecule has 3 heterocycles. The van der Waals surface area contributed by atoms with Gasteiger partial charge in [0.2, 0.25) is 11.2 Å². The predicted octanol–water partition coefficient (Wildman–Crippen LogP) is 4.17. The van der Waals surface area contributed by atoms with Crippen LogP contribution in [-0.2, 0) is 11.3 Å². The summed E-state index contributed by atoms with van der Waals surface area (Å²) in [5.74, 6) is 2.42. The number of para-hydroxylation sites is 2. The van der Waals surface area contributed by atoms with Gasteiger partial charge in [-0.15, -0.1) is 0 Å². The van der Waals surface area contributed by atoms with Crippen LogP contribution in [-0.4, -0.2) is 62.5 Å². The van der Waals surface area contributed by atoms with Crippen LogP contribution in [0.4, 0.5) is 0 Å². The Morgan fingerprint density at radius 3 is 2.57 bits per heavy atom. The van der Waals surface area contributed by atoms with Crippen LogP contribution in [0, 0.1) is 6.92 Å². The SMILES string of the molecule is CCOc1ccccc1Oc1c(C)oc2c3c(ccc2c1=O)OCN(CCCN1CCOCC1)C3. The van der Waals surface area contributed by atoms with Gasteiger partial charge in [0.1, 0.15) is 23.8 Å². The number of nitrogens with zero attached hydrogens (tertiary/aromatic N) is 2. The molecule has 3 aromatic rings. The van der Waals surface area contributed by atoms with Gasteiger partial charge in [-0.05, 0) is 51.1 Å². The molecule has 0 bridgehead atoms. The Morgan fingerprint density at radius 2 is 1.77 bits per heavy atom. The standard InChI is InChI=1S/C27H32N2O6/c1-3-32-23-7-4-5-8-24(23)35-26-19(2)34-27-20(25(26)30)9-10-22-21(27)17-29(18-33-22)12-6-11-28-13-15-31-16-14-28/h4-5,7-10H,3,6,11-18H2,1-2H3. The summed E-state index contributed by atoms with van der Waals surface area (Å²) in [6.45, 7) is 10.9. The van der Waals surface area contributed by atoms with E-state index < -0.39 is 0 Å². The largest absolute Gasteiger partial charge is 0.490 e. The topological polar surface area (TPSA) is 73.6 Å². The first-order valence-corrected chi connectivity index (χ1v) is 12.3. The minimum Gasteiger partial charge on any atom is -0.490 e. The second kappa shape index (κ2) is 10.7. The lowest BCUT2D eigenvalue weighted by Gasteiger charge is -2.31. The molecule has 35 heavy (non-hydrogen) atoms. The van der Waals surface area contributed by atoms with Crippen LogP contribution >= 0.6 is 0 Å². The number of ether oxygens (including phenoxy) is 4. The number of rotatable bonds is 8. The van der Waals surface area contributed by atoms with Crippen molar-refractivity contribution in [2.24, 2.45) is 0 Å². The Morgan fingerprint density at radius 1 is 1.00 bits per heavy atom. The Balaban J connectivity index is 1.37. The van der Waals surface area contributed by atoms with E-state index in [1.807, 2.05) is 31.2 Å². The summed E-state index contributed by atoms with van der Waals surface area (Å²) in [4.78, 5) is 18.1. The highest BCUT2D eigenvalue weighted by molar-refractivity contribution is 5.83. The van der Waals surface area contributed by atoms with Crippen LogP contribution in [0.25, 0.3) is 11.0 Å². The van der Waals surface area contributed by atoms with Gasteiger partial charge < -0.3 is 23.4 Å². The Kier molecular flexibility index (Phi) is 7.22. The number of aryl methyl sites for hydroxylation is 1. The number of morpholine rings is 1. The van der Waals surface area contributed by atoms with E-state index in [0.29, 0.717) is 48.1 Å². The first-order valence-electron chi connectivity index (χ1n) is 12.3. The van der Waals surface area contributed by atoms with Crippen LogP contribution in [0.15, 0.2) is 45.6 Å². The monoisotopic (exact) mass is 480 g/mol. The molecular formula is C27H32N2O6. The second-order valence-corrected chi connectivity index (χ2v) is 8.85. The quantitative estimate of drug-likeness (QED) is 0.476. The maximum absolute atomic E-state index is 13.4. The lowest BCUT2D eigenvalue weighted by Crippen LogP contribution is -2.39. The third-order valence-corrected chi connectivity index (χ3v) is 6.44. The maximum atomic E-state index is 13.4. The molecule has 0 unspecified atom stereocenters. The number of fused-ring (bicyclic) bond motifs is 3. The molecule has 5 rings (SSSR count). The zero-order chi connectivity index (χ0) is 24.2. The number of benzene rings is 2. The minimum atomic E-state index is -0.206. The van der Waals surface area contributed by atoms with Gasteiger partial charge >= 0.3 is 0 Å². The van der Waals surface area contributed by atoms with E-state index in [1.54, 1.807) is 19.1 Å². The van der Waals surface area contributed by atoms with E-state index in [4.69, 9.17) is 23.4 Å². The molecule has 0 spiro atoms. The highest BCUT2D eigenvalue weighted by Crippen LogP contribution is 2.36. The molecule has 8 heteroatoms. The predicted molar refractivity (Wildman–Crippen MR) is 133 cm³/mol. The molecule has 8 nitrogen and oxygen atoms in total. The van der Waals surface area contributed by atoms with Crippen molar-refractivity contribution in [3.63, 3.8) is 0 Å². The third kappa shape index (κ3) is 5.15. The summed E-state index contributed by atoms with van der Waals surface area (Å²) in [6, 6.07) is 10.9. The fourth-order valence-electron chi connectivity index (χ4n) is 4.63.